The molecule has 0 heterocycles. The van der Waals surface area contributed by atoms with E-state index in [1.807, 2.05) is 0 Å². The third-order valence-corrected chi connectivity index (χ3v) is 3.15. The maximum Gasteiger partial charge on any atom is -0.0245 e. The molecule has 56 valence electrons. The summed E-state index contributed by atoms with van der Waals surface area (Å²) in [5, 5.41) is 0. The molecule has 0 heteroatoms. The van der Waals surface area contributed by atoms with E-state index >= 15 is 0 Å². The van der Waals surface area contributed by atoms with Gasteiger partial charge in [0.1, 0.15) is 0 Å². The first-order chi connectivity index (χ1) is 5.43. The van der Waals surface area contributed by atoms with Crippen molar-refractivity contribution in [2.24, 2.45) is 11.8 Å². The molecule has 0 spiro atoms. The average molecular weight is 144 g/mol. The summed E-state index contributed by atoms with van der Waals surface area (Å²) in [5.74, 6) is 2.12. The molecule has 0 amide bonds. The summed E-state index contributed by atoms with van der Waals surface area (Å²) in [6.45, 7) is 0. The van der Waals surface area contributed by atoms with Gasteiger partial charge in [0.25, 0.3) is 0 Å². The molecular formula is C11H12. The highest BCUT2D eigenvalue weighted by Crippen LogP contribution is 2.47. The summed E-state index contributed by atoms with van der Waals surface area (Å²) >= 11 is 0. The summed E-state index contributed by atoms with van der Waals surface area (Å²) in [6, 6.07) is 8.93. The maximum absolute atomic E-state index is 2.30. The van der Waals surface area contributed by atoms with Crippen LogP contribution >= 0.6 is 0 Å². The minimum atomic E-state index is 1.06. The van der Waals surface area contributed by atoms with Gasteiger partial charge >= 0.3 is 0 Å². The normalized spacial score (nSPS) is 32.4. The van der Waals surface area contributed by atoms with Crippen LogP contribution in [-0.4, -0.2) is 0 Å². The van der Waals surface area contributed by atoms with E-state index in [9.17, 15) is 0 Å². The summed E-state index contributed by atoms with van der Waals surface area (Å²) in [6.07, 6.45) is 4.22. The number of benzene rings is 1. The molecule has 11 heavy (non-hydrogen) atoms. The second kappa shape index (κ2) is 1.88. The molecule has 2 aliphatic carbocycles. The van der Waals surface area contributed by atoms with E-state index in [1.54, 1.807) is 11.1 Å². The zero-order chi connectivity index (χ0) is 7.26. The predicted molar refractivity (Wildman–Crippen MR) is 45.4 cm³/mol. The molecular weight excluding hydrogens is 132 g/mol. The lowest BCUT2D eigenvalue weighted by atomic mass is 9.92. The Morgan fingerprint density at radius 2 is 1.45 bits per heavy atom. The highest BCUT2D eigenvalue weighted by atomic mass is 14.4. The molecule has 0 nitrogen and oxygen atoms in total. The molecule has 0 aromatic heterocycles. The maximum atomic E-state index is 2.30. The van der Waals surface area contributed by atoms with Crippen LogP contribution in [-0.2, 0) is 12.8 Å². The molecule has 1 saturated carbocycles. The Hall–Kier alpha value is -0.780. The standard InChI is InChI=1S/C11H12/c1-2-4-9-6-11-7-10(11)5-8(9)3-1/h1-4,10-11H,5-7H2. The van der Waals surface area contributed by atoms with Crippen molar-refractivity contribution in [3.8, 4) is 0 Å². The number of hydrogen-bond acceptors (Lipinski definition) is 0. The number of hydrogen-bond donors (Lipinski definition) is 0. The molecule has 2 unspecified atom stereocenters. The largest absolute Gasteiger partial charge is 0.0620 e. The third kappa shape index (κ3) is 0.819. The van der Waals surface area contributed by atoms with Crippen molar-refractivity contribution >= 4 is 0 Å². The van der Waals surface area contributed by atoms with Gasteiger partial charge in [-0.2, -0.15) is 0 Å². The summed E-state index contributed by atoms with van der Waals surface area (Å²) in [7, 11) is 0. The average Bonchev–Trinajstić information content (AvgIpc) is 2.77. The Labute approximate surface area is 67.2 Å². The first kappa shape index (κ1) is 5.82. The van der Waals surface area contributed by atoms with Gasteiger partial charge in [-0.1, -0.05) is 24.3 Å². The SMILES string of the molecule is c1ccc2c(c1)CC1CC1C2. The van der Waals surface area contributed by atoms with Crippen LogP contribution in [0.3, 0.4) is 0 Å². The zero-order valence-corrected chi connectivity index (χ0v) is 6.59. The van der Waals surface area contributed by atoms with Crippen LogP contribution in [0.2, 0.25) is 0 Å². The van der Waals surface area contributed by atoms with Crippen LogP contribution in [0.4, 0.5) is 0 Å². The van der Waals surface area contributed by atoms with Gasteiger partial charge in [0, 0.05) is 0 Å². The first-order valence-corrected chi connectivity index (χ1v) is 4.50. The smallest absolute Gasteiger partial charge is 0.0245 e. The molecule has 1 fully saturated rings. The highest BCUT2D eigenvalue weighted by molar-refractivity contribution is 5.32. The lowest BCUT2D eigenvalue weighted by molar-refractivity contribution is 0.648. The summed E-state index contributed by atoms with van der Waals surface area (Å²) in [4.78, 5) is 0. The lowest BCUT2D eigenvalue weighted by Gasteiger charge is -2.13. The Kier molecular flexibility index (Phi) is 0.993. The fraction of sp³-hybridized carbons (Fsp3) is 0.455. The Morgan fingerprint density at radius 1 is 0.909 bits per heavy atom. The van der Waals surface area contributed by atoms with Crippen LogP contribution in [0.1, 0.15) is 17.5 Å². The van der Waals surface area contributed by atoms with Crippen LogP contribution in [0.15, 0.2) is 24.3 Å². The van der Waals surface area contributed by atoms with Gasteiger partial charge in [-0.15, -0.1) is 0 Å². The molecule has 2 atom stereocenters. The molecule has 2 aliphatic rings. The van der Waals surface area contributed by atoms with Crippen molar-refractivity contribution in [2.45, 2.75) is 19.3 Å². The van der Waals surface area contributed by atoms with Gasteiger partial charge in [-0.25, -0.2) is 0 Å². The van der Waals surface area contributed by atoms with Gasteiger partial charge in [0.05, 0.1) is 0 Å². The van der Waals surface area contributed by atoms with E-state index in [2.05, 4.69) is 24.3 Å². The molecule has 0 saturated heterocycles. The van der Waals surface area contributed by atoms with Crippen LogP contribution in [0.25, 0.3) is 0 Å². The molecule has 3 rings (SSSR count). The second-order valence-corrected chi connectivity index (χ2v) is 3.93. The second-order valence-electron chi connectivity index (χ2n) is 3.93. The van der Waals surface area contributed by atoms with Crippen molar-refractivity contribution in [3.05, 3.63) is 35.4 Å². The van der Waals surface area contributed by atoms with E-state index in [4.69, 9.17) is 0 Å². The van der Waals surface area contributed by atoms with Crippen molar-refractivity contribution < 1.29 is 0 Å². The molecule has 0 bridgehead atoms. The van der Waals surface area contributed by atoms with Crippen molar-refractivity contribution in [2.75, 3.05) is 0 Å². The molecule has 0 radical (unpaired) electrons. The quantitative estimate of drug-likeness (QED) is 0.524. The Bertz CT molecular complexity index is 259. The van der Waals surface area contributed by atoms with Crippen LogP contribution in [0.5, 0.6) is 0 Å². The first-order valence-electron chi connectivity index (χ1n) is 4.50. The van der Waals surface area contributed by atoms with E-state index in [0.717, 1.165) is 11.8 Å². The van der Waals surface area contributed by atoms with Crippen LogP contribution < -0.4 is 0 Å². The topological polar surface area (TPSA) is 0 Å². The van der Waals surface area contributed by atoms with E-state index in [0.29, 0.717) is 0 Å². The fourth-order valence-corrected chi connectivity index (χ4v) is 2.33. The minimum absolute atomic E-state index is 1.06. The van der Waals surface area contributed by atoms with Crippen molar-refractivity contribution in [3.63, 3.8) is 0 Å². The van der Waals surface area contributed by atoms with Crippen molar-refractivity contribution in [1.29, 1.82) is 0 Å². The fourth-order valence-electron chi connectivity index (χ4n) is 2.33. The van der Waals surface area contributed by atoms with E-state index in [-0.39, 0.29) is 0 Å². The van der Waals surface area contributed by atoms with Gasteiger partial charge < -0.3 is 0 Å². The van der Waals surface area contributed by atoms with Crippen molar-refractivity contribution in [1.82, 2.24) is 0 Å². The molecule has 0 aliphatic heterocycles. The Balaban J connectivity index is 2.07. The molecule has 0 N–H and O–H groups in total. The van der Waals surface area contributed by atoms with Gasteiger partial charge in [0.2, 0.25) is 0 Å². The molecule has 1 aromatic carbocycles. The van der Waals surface area contributed by atoms with E-state index < -0.39 is 0 Å². The van der Waals surface area contributed by atoms with Gasteiger partial charge in [0.15, 0.2) is 0 Å². The monoisotopic (exact) mass is 144 g/mol. The van der Waals surface area contributed by atoms with E-state index in [1.165, 1.54) is 19.3 Å². The zero-order valence-electron chi connectivity index (χ0n) is 6.59. The minimum Gasteiger partial charge on any atom is -0.0620 e. The number of fused-ring (bicyclic) bond motifs is 2. The number of rotatable bonds is 0. The van der Waals surface area contributed by atoms with Crippen LogP contribution in [0, 0.1) is 11.8 Å². The molecule has 1 aromatic rings. The summed E-state index contributed by atoms with van der Waals surface area (Å²) in [5.41, 5.74) is 3.23. The Morgan fingerprint density at radius 3 is 2.00 bits per heavy atom. The lowest BCUT2D eigenvalue weighted by Crippen LogP contribution is -2.04. The summed E-state index contributed by atoms with van der Waals surface area (Å²) < 4.78 is 0. The van der Waals surface area contributed by atoms with Gasteiger partial charge in [-0.05, 0) is 42.2 Å². The highest BCUT2D eigenvalue weighted by Gasteiger charge is 2.40. The predicted octanol–water partition coefficient (Wildman–Crippen LogP) is 2.42. The van der Waals surface area contributed by atoms with Gasteiger partial charge in [-0.3, -0.25) is 0 Å². The third-order valence-electron chi connectivity index (χ3n) is 3.15.